The van der Waals surface area contributed by atoms with Crippen LogP contribution in [0.1, 0.15) is 25.8 Å². The van der Waals surface area contributed by atoms with Gasteiger partial charge in [0.2, 0.25) is 15.9 Å². The number of aryl methyl sites for hydroxylation is 1. The maximum Gasteiger partial charge on any atom is 0.238 e. The van der Waals surface area contributed by atoms with Crippen LogP contribution in [0.15, 0.2) is 23.1 Å². The van der Waals surface area contributed by atoms with E-state index in [9.17, 15) is 13.2 Å². The van der Waals surface area contributed by atoms with Crippen molar-refractivity contribution in [1.29, 1.82) is 0 Å². The molecule has 0 fully saturated rings. The molecule has 1 aromatic rings. The monoisotopic (exact) mass is 299 g/mol. The molecular formula is C13H21N3O3S. The summed E-state index contributed by atoms with van der Waals surface area (Å²) in [6.45, 7) is 5.51. The van der Waals surface area contributed by atoms with Crippen LogP contribution < -0.4 is 16.2 Å². The SMILES string of the molecule is Cc1ccc(NC(=O)CC(N)C(C)C)cc1S(N)(=O)=O. The van der Waals surface area contributed by atoms with Crippen molar-refractivity contribution < 1.29 is 13.2 Å². The Morgan fingerprint density at radius 3 is 2.45 bits per heavy atom. The highest BCUT2D eigenvalue weighted by Crippen LogP contribution is 2.19. The van der Waals surface area contributed by atoms with Gasteiger partial charge in [-0.25, -0.2) is 13.6 Å². The van der Waals surface area contributed by atoms with Crippen molar-refractivity contribution in [1.82, 2.24) is 0 Å². The minimum atomic E-state index is -3.80. The third kappa shape index (κ3) is 4.59. The van der Waals surface area contributed by atoms with E-state index < -0.39 is 10.0 Å². The average Bonchev–Trinajstić information content (AvgIpc) is 2.29. The highest BCUT2D eigenvalue weighted by Gasteiger charge is 2.15. The van der Waals surface area contributed by atoms with Gasteiger partial charge in [-0.15, -0.1) is 0 Å². The number of benzene rings is 1. The fourth-order valence-electron chi connectivity index (χ4n) is 1.65. The van der Waals surface area contributed by atoms with Crippen molar-refractivity contribution in [3.8, 4) is 0 Å². The zero-order chi connectivity index (χ0) is 15.5. The van der Waals surface area contributed by atoms with Crippen LogP contribution in [0.2, 0.25) is 0 Å². The largest absolute Gasteiger partial charge is 0.327 e. The predicted octanol–water partition coefficient (Wildman–Crippen LogP) is 0.954. The van der Waals surface area contributed by atoms with Crippen LogP contribution in [-0.4, -0.2) is 20.4 Å². The number of sulfonamides is 1. The van der Waals surface area contributed by atoms with Crippen LogP contribution in [0.3, 0.4) is 0 Å². The van der Waals surface area contributed by atoms with E-state index in [1.807, 2.05) is 13.8 Å². The van der Waals surface area contributed by atoms with Crippen LogP contribution in [0.25, 0.3) is 0 Å². The zero-order valence-electron chi connectivity index (χ0n) is 11.9. The lowest BCUT2D eigenvalue weighted by molar-refractivity contribution is -0.116. The zero-order valence-corrected chi connectivity index (χ0v) is 12.7. The van der Waals surface area contributed by atoms with E-state index >= 15 is 0 Å². The van der Waals surface area contributed by atoms with Gasteiger partial charge in [-0.05, 0) is 30.5 Å². The van der Waals surface area contributed by atoms with E-state index in [-0.39, 0.29) is 29.2 Å². The van der Waals surface area contributed by atoms with Crippen LogP contribution in [-0.2, 0) is 14.8 Å². The average molecular weight is 299 g/mol. The molecule has 1 aromatic carbocycles. The van der Waals surface area contributed by atoms with Gasteiger partial charge < -0.3 is 11.1 Å². The molecule has 5 N–H and O–H groups in total. The van der Waals surface area contributed by atoms with E-state index in [0.29, 0.717) is 11.3 Å². The van der Waals surface area contributed by atoms with Crippen LogP contribution in [0.4, 0.5) is 5.69 Å². The molecule has 0 heterocycles. The molecule has 0 bridgehead atoms. The summed E-state index contributed by atoms with van der Waals surface area (Å²) in [6.07, 6.45) is 0.177. The normalized spacial score (nSPS) is 13.3. The highest BCUT2D eigenvalue weighted by molar-refractivity contribution is 7.89. The Bertz CT molecular complexity index is 597. The molecule has 7 heteroatoms. The van der Waals surface area contributed by atoms with Gasteiger partial charge in [0.25, 0.3) is 0 Å². The molecule has 0 saturated heterocycles. The minimum Gasteiger partial charge on any atom is -0.327 e. The molecule has 0 aliphatic carbocycles. The number of nitrogens with two attached hydrogens (primary N) is 2. The molecule has 0 radical (unpaired) electrons. The fourth-order valence-corrected chi connectivity index (χ4v) is 2.45. The second-order valence-corrected chi connectivity index (χ2v) is 6.72. The fraction of sp³-hybridized carbons (Fsp3) is 0.462. The number of nitrogens with one attached hydrogen (secondary N) is 1. The Morgan fingerprint density at radius 1 is 1.35 bits per heavy atom. The quantitative estimate of drug-likeness (QED) is 0.750. The number of primary sulfonamides is 1. The van der Waals surface area contributed by atoms with Gasteiger partial charge in [-0.3, -0.25) is 4.79 Å². The minimum absolute atomic E-state index is 0.00320. The van der Waals surface area contributed by atoms with Gasteiger partial charge in [-0.2, -0.15) is 0 Å². The van der Waals surface area contributed by atoms with E-state index in [2.05, 4.69) is 5.32 Å². The first-order chi connectivity index (χ1) is 9.11. The first-order valence-electron chi connectivity index (χ1n) is 6.30. The number of carbonyl (C=O) groups is 1. The molecule has 1 amide bonds. The molecule has 6 nitrogen and oxygen atoms in total. The van der Waals surface area contributed by atoms with Crippen molar-refractivity contribution in [2.24, 2.45) is 16.8 Å². The molecule has 1 unspecified atom stereocenters. The number of amides is 1. The Balaban J connectivity index is 2.87. The number of rotatable bonds is 5. The van der Waals surface area contributed by atoms with E-state index in [0.717, 1.165) is 0 Å². The lowest BCUT2D eigenvalue weighted by atomic mass is 10.0. The van der Waals surface area contributed by atoms with E-state index in [4.69, 9.17) is 10.9 Å². The highest BCUT2D eigenvalue weighted by atomic mass is 32.2. The summed E-state index contributed by atoms with van der Waals surface area (Å²) >= 11 is 0. The summed E-state index contributed by atoms with van der Waals surface area (Å²) in [5.41, 5.74) is 6.74. The second-order valence-electron chi connectivity index (χ2n) is 5.19. The van der Waals surface area contributed by atoms with Crippen LogP contribution in [0, 0.1) is 12.8 Å². The number of carbonyl (C=O) groups excluding carboxylic acids is 1. The van der Waals surface area contributed by atoms with Gasteiger partial charge >= 0.3 is 0 Å². The molecular weight excluding hydrogens is 278 g/mol. The van der Waals surface area contributed by atoms with Crippen molar-refractivity contribution in [2.45, 2.75) is 38.1 Å². The van der Waals surface area contributed by atoms with Gasteiger partial charge in [0.1, 0.15) is 0 Å². The standard InChI is InChI=1S/C13H21N3O3S/c1-8(2)11(14)7-13(17)16-10-5-4-9(3)12(6-10)20(15,18)19/h4-6,8,11H,7,14H2,1-3H3,(H,16,17)(H2,15,18,19). The topological polar surface area (TPSA) is 115 Å². The Labute approximate surface area is 119 Å². The number of anilines is 1. The summed E-state index contributed by atoms with van der Waals surface area (Å²) < 4.78 is 22.8. The number of hydrogen-bond acceptors (Lipinski definition) is 4. The Hall–Kier alpha value is -1.44. The summed E-state index contributed by atoms with van der Waals surface area (Å²) in [5.74, 6) is -0.0610. The van der Waals surface area contributed by atoms with Crippen LogP contribution >= 0.6 is 0 Å². The van der Waals surface area contributed by atoms with Crippen molar-refractivity contribution in [3.05, 3.63) is 23.8 Å². The lowest BCUT2D eigenvalue weighted by Gasteiger charge is -2.15. The van der Waals surface area contributed by atoms with Gasteiger partial charge in [0.05, 0.1) is 4.90 Å². The maximum absolute atomic E-state index is 11.8. The molecule has 1 rings (SSSR count). The Kier molecular flexibility index (Phi) is 5.27. The van der Waals surface area contributed by atoms with Gasteiger partial charge in [0, 0.05) is 18.2 Å². The summed E-state index contributed by atoms with van der Waals surface area (Å²) in [6, 6.07) is 4.34. The molecule has 1 atom stereocenters. The molecule has 112 valence electrons. The molecule has 0 aliphatic heterocycles. The third-order valence-corrected chi connectivity index (χ3v) is 4.11. The van der Waals surface area contributed by atoms with E-state index in [1.54, 1.807) is 19.1 Å². The first-order valence-corrected chi connectivity index (χ1v) is 7.84. The lowest BCUT2D eigenvalue weighted by Crippen LogP contribution is -2.31. The summed E-state index contributed by atoms with van der Waals surface area (Å²) in [7, 11) is -3.80. The van der Waals surface area contributed by atoms with Gasteiger partial charge in [-0.1, -0.05) is 19.9 Å². The molecule has 0 saturated carbocycles. The third-order valence-electron chi connectivity index (χ3n) is 3.06. The smallest absolute Gasteiger partial charge is 0.238 e. The molecule has 0 spiro atoms. The summed E-state index contributed by atoms with van der Waals surface area (Å²) in [4.78, 5) is 11.8. The van der Waals surface area contributed by atoms with E-state index in [1.165, 1.54) is 6.07 Å². The van der Waals surface area contributed by atoms with Crippen molar-refractivity contribution in [2.75, 3.05) is 5.32 Å². The van der Waals surface area contributed by atoms with Gasteiger partial charge in [0.15, 0.2) is 0 Å². The van der Waals surface area contributed by atoms with Crippen LogP contribution in [0.5, 0.6) is 0 Å². The summed E-state index contributed by atoms with van der Waals surface area (Å²) in [5, 5.41) is 7.75. The second kappa shape index (κ2) is 6.34. The molecule has 0 aliphatic rings. The first kappa shape index (κ1) is 16.6. The molecule has 0 aromatic heterocycles. The Morgan fingerprint density at radius 2 is 1.95 bits per heavy atom. The maximum atomic E-state index is 11.8. The van der Waals surface area contributed by atoms with Crippen molar-refractivity contribution in [3.63, 3.8) is 0 Å². The number of hydrogen-bond donors (Lipinski definition) is 3. The van der Waals surface area contributed by atoms with Crippen molar-refractivity contribution >= 4 is 21.6 Å². The predicted molar refractivity (Wildman–Crippen MR) is 78.6 cm³/mol. The molecule has 20 heavy (non-hydrogen) atoms.